The van der Waals surface area contributed by atoms with E-state index in [9.17, 15) is 24.6 Å². The zero-order valence-corrected chi connectivity index (χ0v) is 56.5. The maximum atomic E-state index is 11.6. The van der Waals surface area contributed by atoms with Gasteiger partial charge in [0, 0.05) is 81.4 Å². The molecule has 96 heavy (non-hydrogen) atoms. The van der Waals surface area contributed by atoms with Gasteiger partial charge in [0.25, 0.3) is 0 Å². The zero-order valence-electron chi connectivity index (χ0n) is 56.5. The molecule has 0 fully saturated rings. The van der Waals surface area contributed by atoms with E-state index in [1.165, 1.54) is 37.2 Å². The summed E-state index contributed by atoms with van der Waals surface area (Å²) in [5.41, 5.74) is 11.1. The van der Waals surface area contributed by atoms with E-state index in [1.807, 2.05) is 43.6 Å². The van der Waals surface area contributed by atoms with Crippen molar-refractivity contribution in [2.45, 2.75) is 154 Å². The number of nitrogens with one attached hydrogen (secondary N) is 4. The van der Waals surface area contributed by atoms with Crippen LogP contribution < -0.4 is 21.3 Å². The lowest BCUT2D eigenvalue weighted by atomic mass is 10.1. The molecule has 8 aromatic rings. The SMILES string of the molecule is C.COCc1cn(CC(O)COC(=O)C(C)C)nn1.COCn1cc(CNCC(O)COC(=O)C(C)C)nn1.COCn1cc(CNCc2ccc(C)cc2)nn1.COCn1cc(CNCc2ccc(C)cc2)nn1.COCn1cc(COC(=O)NCc2ccc(C)cc2)nn1. The van der Waals surface area contributed by atoms with Crippen molar-refractivity contribution in [2.24, 2.45) is 11.8 Å². The number of nitrogens with zero attached hydrogens (tertiary/aromatic N) is 15. The minimum absolute atomic E-state index is 0. The molecule has 0 saturated carbocycles. The van der Waals surface area contributed by atoms with Gasteiger partial charge in [-0.1, -0.05) is 151 Å². The molecule has 32 nitrogen and oxygen atoms in total. The Balaban J connectivity index is 0.000000312. The van der Waals surface area contributed by atoms with Crippen molar-refractivity contribution >= 4 is 18.0 Å². The molecular weight excluding hydrogens is 1240 g/mol. The van der Waals surface area contributed by atoms with Crippen LogP contribution in [0.5, 0.6) is 0 Å². The molecule has 2 unspecified atom stereocenters. The number of alkyl carbamates (subject to hydrolysis) is 1. The molecule has 2 atom stereocenters. The van der Waals surface area contributed by atoms with E-state index in [0.717, 1.165) is 35.7 Å². The Kier molecular flexibility index (Phi) is 40.0. The fraction of sp³-hybridized carbons (Fsp3) is 0.516. The molecule has 1 amide bonds. The van der Waals surface area contributed by atoms with Crippen LogP contribution in [-0.4, -0.2) is 171 Å². The summed E-state index contributed by atoms with van der Waals surface area (Å²) in [5.74, 6) is -1.03. The van der Waals surface area contributed by atoms with Crippen molar-refractivity contribution in [3.8, 4) is 0 Å². The van der Waals surface area contributed by atoms with Crippen LogP contribution in [0.2, 0.25) is 0 Å². The Morgan fingerprint density at radius 3 is 1.14 bits per heavy atom. The van der Waals surface area contributed by atoms with Crippen molar-refractivity contribution in [3.63, 3.8) is 0 Å². The molecule has 0 aliphatic heterocycles. The van der Waals surface area contributed by atoms with Gasteiger partial charge in [-0.05, 0) is 37.5 Å². The van der Waals surface area contributed by atoms with Crippen LogP contribution in [0.25, 0.3) is 0 Å². The summed E-state index contributed by atoms with van der Waals surface area (Å²) in [6.45, 7) is 19.6. The van der Waals surface area contributed by atoms with Crippen LogP contribution in [0.3, 0.4) is 0 Å². The Morgan fingerprint density at radius 2 is 0.750 bits per heavy atom. The molecule has 5 heterocycles. The van der Waals surface area contributed by atoms with Gasteiger partial charge in [0.1, 0.15) is 70.3 Å². The summed E-state index contributed by atoms with van der Waals surface area (Å²) < 4.78 is 47.5. The lowest BCUT2D eigenvalue weighted by Crippen LogP contribution is -2.31. The average molecular weight is 1340 g/mol. The smallest absolute Gasteiger partial charge is 0.407 e. The fourth-order valence-corrected chi connectivity index (χ4v) is 7.62. The van der Waals surface area contributed by atoms with E-state index < -0.39 is 18.3 Å². The van der Waals surface area contributed by atoms with E-state index in [-0.39, 0.29) is 57.6 Å². The number of amides is 1. The van der Waals surface area contributed by atoms with Gasteiger partial charge in [0.2, 0.25) is 0 Å². The maximum Gasteiger partial charge on any atom is 0.407 e. The number of rotatable bonds is 34. The molecular formula is C64H99N19O13. The zero-order chi connectivity index (χ0) is 69.2. The van der Waals surface area contributed by atoms with Crippen LogP contribution in [-0.2, 0) is 133 Å². The standard InChI is InChI=1S/C14H18N4O3.2C13H18N4O.C12H22N4O4.C11H19N3O4.CH4/c1-11-3-5-12(6-4-11)7-15-14(19)21-9-13-8-18(10-20-2)17-16-13;2*1-11-3-5-12(6-4-11)7-14-8-13-9-17(10-18-2)16-15-13;1-9(2)12(18)20-7-11(17)5-13-4-10-6-16(8-19-3)15-14-10;1-8(2)11(16)18-7-10(15)5-14-4-9(6-17-3)12-13-14;/h3-6,8H,7,9-10H2,1-2H3,(H,15,19);2*3-6,9,14H,7-8,10H2,1-2H3;6,9,11,13,17H,4-5,7-8H2,1-3H3;4,8,10,15H,5-7H2,1-3H3;1H4. The number of benzene rings is 3. The summed E-state index contributed by atoms with van der Waals surface area (Å²) >= 11 is 0. The minimum Gasteiger partial charge on any atom is -0.463 e. The number of methoxy groups -OCH3 is 5. The highest BCUT2D eigenvalue weighted by molar-refractivity contribution is 5.71. The second-order valence-corrected chi connectivity index (χ2v) is 22.1. The summed E-state index contributed by atoms with van der Waals surface area (Å²) in [7, 11) is 7.98. The molecule has 0 spiro atoms. The van der Waals surface area contributed by atoms with Crippen molar-refractivity contribution in [1.29, 1.82) is 0 Å². The van der Waals surface area contributed by atoms with E-state index >= 15 is 0 Å². The topological polar surface area (TPSA) is 367 Å². The second kappa shape index (κ2) is 47.1. The van der Waals surface area contributed by atoms with Gasteiger partial charge in [-0.25, -0.2) is 28.2 Å². The van der Waals surface area contributed by atoms with Crippen molar-refractivity contribution in [3.05, 3.63) is 166 Å². The third kappa shape index (κ3) is 35.1. The third-order valence-corrected chi connectivity index (χ3v) is 12.6. The number of hydrogen-bond donors (Lipinski definition) is 6. The Labute approximate surface area is 561 Å². The second-order valence-electron chi connectivity index (χ2n) is 22.1. The molecule has 0 aliphatic rings. The quantitative estimate of drug-likeness (QED) is 0.0234. The van der Waals surface area contributed by atoms with Crippen LogP contribution in [0.1, 0.15) is 97.0 Å². The summed E-state index contributed by atoms with van der Waals surface area (Å²) in [6, 6.07) is 24.9. The highest BCUT2D eigenvalue weighted by Gasteiger charge is 2.15. The molecule has 8 rings (SSSR count). The van der Waals surface area contributed by atoms with Gasteiger partial charge in [-0.2, -0.15) is 0 Å². The summed E-state index contributed by atoms with van der Waals surface area (Å²) in [4.78, 5) is 34.0. The lowest BCUT2D eigenvalue weighted by molar-refractivity contribution is -0.151. The largest absolute Gasteiger partial charge is 0.463 e. The number of aliphatic hydroxyl groups is 2. The lowest BCUT2D eigenvalue weighted by Gasteiger charge is -2.12. The van der Waals surface area contributed by atoms with E-state index in [2.05, 4.69) is 135 Å². The van der Waals surface area contributed by atoms with Crippen LogP contribution in [0.4, 0.5) is 4.79 Å². The third-order valence-electron chi connectivity index (χ3n) is 12.6. The monoisotopic (exact) mass is 1340 g/mol. The number of carbonyl (C=O) groups is 3. The predicted octanol–water partition coefficient (Wildman–Crippen LogP) is 4.73. The van der Waals surface area contributed by atoms with Crippen molar-refractivity contribution in [2.75, 3.05) is 55.3 Å². The van der Waals surface area contributed by atoms with Gasteiger partial charge < -0.3 is 69.4 Å². The Hall–Kier alpha value is -8.83. The number of aliphatic hydroxyl groups excluding tert-OH is 2. The number of aryl methyl sites for hydroxylation is 3. The molecule has 528 valence electrons. The van der Waals surface area contributed by atoms with Crippen LogP contribution in [0, 0.1) is 32.6 Å². The molecule has 5 aromatic heterocycles. The first-order chi connectivity index (χ1) is 45.8. The number of ether oxygens (including phenoxy) is 8. The summed E-state index contributed by atoms with van der Waals surface area (Å²) in [6.07, 6.45) is 6.82. The van der Waals surface area contributed by atoms with Gasteiger partial charge >= 0.3 is 18.0 Å². The number of carbonyl (C=O) groups excluding carboxylic acids is 3. The molecule has 0 bridgehead atoms. The van der Waals surface area contributed by atoms with E-state index in [0.29, 0.717) is 77.6 Å². The highest BCUT2D eigenvalue weighted by Crippen LogP contribution is 2.08. The van der Waals surface area contributed by atoms with Crippen LogP contribution >= 0.6 is 0 Å². The van der Waals surface area contributed by atoms with Crippen molar-refractivity contribution < 1.29 is 62.5 Å². The molecule has 0 aliphatic carbocycles. The summed E-state index contributed by atoms with van der Waals surface area (Å²) in [5, 5.41) is 70.8. The van der Waals surface area contributed by atoms with Gasteiger partial charge in [-0.3, -0.25) is 9.59 Å². The number of aromatic nitrogens is 15. The highest BCUT2D eigenvalue weighted by atomic mass is 16.6. The average Bonchev–Trinajstić information content (AvgIpc) is 2.17. The van der Waals surface area contributed by atoms with Gasteiger partial charge in [-0.15, -0.1) is 25.5 Å². The molecule has 32 heteroatoms. The molecule has 0 saturated heterocycles. The fourth-order valence-electron chi connectivity index (χ4n) is 7.62. The predicted molar refractivity (Wildman–Crippen MR) is 353 cm³/mol. The van der Waals surface area contributed by atoms with Gasteiger partial charge in [0.05, 0.1) is 73.1 Å². The minimum atomic E-state index is -0.801. The van der Waals surface area contributed by atoms with Crippen molar-refractivity contribution in [1.82, 2.24) is 96.2 Å². The van der Waals surface area contributed by atoms with E-state index in [4.69, 9.17) is 37.9 Å². The first-order valence-electron chi connectivity index (χ1n) is 30.6. The van der Waals surface area contributed by atoms with E-state index in [1.54, 1.807) is 95.9 Å². The maximum absolute atomic E-state index is 11.6. The number of hydrogen-bond acceptors (Lipinski definition) is 26. The number of esters is 2. The molecule has 3 aromatic carbocycles. The molecule has 0 radical (unpaired) electrons. The Bertz CT molecular complexity index is 3240. The molecule has 6 N–H and O–H groups in total. The normalized spacial score (nSPS) is 11.3. The first-order valence-corrected chi connectivity index (χ1v) is 30.6. The Morgan fingerprint density at radius 1 is 0.417 bits per heavy atom. The van der Waals surface area contributed by atoms with Gasteiger partial charge in [0.15, 0.2) is 0 Å². The first kappa shape index (κ1) is 81.4. The van der Waals surface area contributed by atoms with Crippen LogP contribution in [0.15, 0.2) is 104 Å².